The van der Waals surface area contributed by atoms with Gasteiger partial charge < -0.3 is 4.90 Å². The summed E-state index contributed by atoms with van der Waals surface area (Å²) in [6.45, 7) is 9.32. The van der Waals surface area contributed by atoms with E-state index in [1.807, 2.05) is 35.2 Å². The van der Waals surface area contributed by atoms with Crippen molar-refractivity contribution in [3.8, 4) is 6.07 Å². The largest absolute Gasteiger partial charge is 0.310 e. The Morgan fingerprint density at radius 2 is 1.81 bits per heavy atom. The van der Waals surface area contributed by atoms with Crippen molar-refractivity contribution < 1.29 is 4.79 Å². The summed E-state index contributed by atoms with van der Waals surface area (Å²) in [6, 6.07) is 11.5. The zero-order valence-corrected chi connectivity index (χ0v) is 12.2. The molecule has 110 valence electrons. The van der Waals surface area contributed by atoms with Gasteiger partial charge in [0.15, 0.2) is 0 Å². The maximum absolute atomic E-state index is 12.5. The summed E-state index contributed by atoms with van der Waals surface area (Å²) in [4.78, 5) is 16.1. The van der Waals surface area contributed by atoms with Crippen LogP contribution in [0.15, 0.2) is 55.6 Å². The minimum Gasteiger partial charge on any atom is -0.310 e. The Morgan fingerprint density at radius 1 is 1.19 bits per heavy atom. The number of anilines is 1. The summed E-state index contributed by atoms with van der Waals surface area (Å²) in [5.74, 6) is -0.0276. The maximum Gasteiger partial charge on any atom is 0.241 e. The zero-order valence-electron chi connectivity index (χ0n) is 12.2. The molecular formula is C17H21N3O. The third-order valence-electron chi connectivity index (χ3n) is 2.95. The highest BCUT2D eigenvalue weighted by Crippen LogP contribution is 2.14. The van der Waals surface area contributed by atoms with Crippen molar-refractivity contribution in [2.75, 3.05) is 31.1 Å². The predicted molar refractivity (Wildman–Crippen MR) is 85.9 cm³/mol. The van der Waals surface area contributed by atoms with Crippen molar-refractivity contribution in [2.45, 2.75) is 6.42 Å². The SMILES string of the molecule is C=CCN(CC=C)CC(=O)N(CCC#N)c1ccccc1. The monoisotopic (exact) mass is 283 g/mol. The van der Waals surface area contributed by atoms with Gasteiger partial charge in [-0.05, 0) is 12.1 Å². The molecule has 0 saturated heterocycles. The number of carbonyl (C=O) groups is 1. The van der Waals surface area contributed by atoms with Gasteiger partial charge in [0.1, 0.15) is 0 Å². The Labute approximate surface area is 126 Å². The lowest BCUT2D eigenvalue weighted by atomic mass is 10.2. The zero-order chi connectivity index (χ0) is 15.5. The molecule has 0 fully saturated rings. The van der Waals surface area contributed by atoms with Crippen LogP contribution < -0.4 is 4.90 Å². The van der Waals surface area contributed by atoms with E-state index in [1.54, 1.807) is 17.1 Å². The van der Waals surface area contributed by atoms with Crippen LogP contribution in [0.1, 0.15) is 6.42 Å². The summed E-state index contributed by atoms with van der Waals surface area (Å²) in [6.07, 6.45) is 3.83. The molecule has 0 N–H and O–H groups in total. The Morgan fingerprint density at radius 3 is 2.33 bits per heavy atom. The van der Waals surface area contributed by atoms with Crippen molar-refractivity contribution in [1.29, 1.82) is 5.26 Å². The summed E-state index contributed by atoms with van der Waals surface area (Å²) in [5, 5.41) is 8.77. The summed E-state index contributed by atoms with van der Waals surface area (Å²) in [7, 11) is 0. The third-order valence-corrected chi connectivity index (χ3v) is 2.95. The maximum atomic E-state index is 12.5. The van der Waals surface area contributed by atoms with Gasteiger partial charge in [-0.2, -0.15) is 5.26 Å². The van der Waals surface area contributed by atoms with Gasteiger partial charge in [-0.3, -0.25) is 9.69 Å². The highest BCUT2D eigenvalue weighted by atomic mass is 16.2. The van der Waals surface area contributed by atoms with Crippen LogP contribution in [-0.2, 0) is 4.79 Å². The molecule has 0 atom stereocenters. The molecule has 4 heteroatoms. The highest BCUT2D eigenvalue weighted by Gasteiger charge is 2.17. The molecule has 1 aromatic carbocycles. The quantitative estimate of drug-likeness (QED) is 0.654. The molecule has 0 aromatic heterocycles. The first kappa shape index (κ1) is 16.7. The van der Waals surface area contributed by atoms with Gasteiger partial charge in [0, 0.05) is 25.3 Å². The van der Waals surface area contributed by atoms with E-state index in [9.17, 15) is 4.79 Å². The van der Waals surface area contributed by atoms with Crippen LogP contribution >= 0.6 is 0 Å². The standard InChI is InChI=1S/C17H21N3O/c1-3-12-19(13-4-2)15-17(21)20(14-8-11-18)16-9-6-5-7-10-16/h3-7,9-10H,1-2,8,12-15H2. The predicted octanol–water partition coefficient (Wildman–Crippen LogP) is 2.61. The normalized spacial score (nSPS) is 9.90. The fourth-order valence-electron chi connectivity index (χ4n) is 2.01. The van der Waals surface area contributed by atoms with Crippen LogP contribution in [0.25, 0.3) is 0 Å². The van der Waals surface area contributed by atoms with Crippen molar-refractivity contribution in [1.82, 2.24) is 4.90 Å². The second-order valence-electron chi connectivity index (χ2n) is 4.56. The minimum atomic E-state index is -0.0276. The lowest BCUT2D eigenvalue weighted by Gasteiger charge is -2.25. The lowest BCUT2D eigenvalue weighted by molar-refractivity contribution is -0.119. The molecule has 1 aromatic rings. The van der Waals surface area contributed by atoms with Gasteiger partial charge in [-0.15, -0.1) is 13.2 Å². The molecule has 1 amide bonds. The van der Waals surface area contributed by atoms with Crippen molar-refractivity contribution >= 4 is 11.6 Å². The van der Waals surface area contributed by atoms with E-state index in [0.717, 1.165) is 5.69 Å². The number of carbonyl (C=O) groups excluding carboxylic acids is 1. The summed E-state index contributed by atoms with van der Waals surface area (Å²) < 4.78 is 0. The van der Waals surface area contributed by atoms with E-state index in [4.69, 9.17) is 5.26 Å². The summed E-state index contributed by atoms with van der Waals surface area (Å²) in [5.41, 5.74) is 0.815. The minimum absolute atomic E-state index is 0.0276. The molecule has 4 nitrogen and oxygen atoms in total. The first-order valence-corrected chi connectivity index (χ1v) is 6.89. The molecule has 0 saturated carbocycles. The second-order valence-corrected chi connectivity index (χ2v) is 4.56. The molecule has 0 aliphatic heterocycles. The van der Waals surface area contributed by atoms with Gasteiger partial charge in [0.2, 0.25) is 5.91 Å². The van der Waals surface area contributed by atoms with E-state index in [-0.39, 0.29) is 12.5 Å². The first-order valence-electron chi connectivity index (χ1n) is 6.89. The van der Waals surface area contributed by atoms with Gasteiger partial charge in [0.05, 0.1) is 19.0 Å². The molecule has 1 rings (SSSR count). The molecule has 0 aliphatic carbocycles. The molecule has 0 aliphatic rings. The van der Waals surface area contributed by atoms with Gasteiger partial charge >= 0.3 is 0 Å². The van der Waals surface area contributed by atoms with E-state index in [2.05, 4.69) is 19.2 Å². The average molecular weight is 283 g/mol. The Kier molecular flexibility index (Phi) is 7.55. The van der Waals surface area contributed by atoms with E-state index >= 15 is 0 Å². The second kappa shape index (κ2) is 9.51. The van der Waals surface area contributed by atoms with Crippen LogP contribution in [0.5, 0.6) is 0 Å². The van der Waals surface area contributed by atoms with Crippen LogP contribution in [0.2, 0.25) is 0 Å². The van der Waals surface area contributed by atoms with Crippen molar-refractivity contribution in [3.05, 3.63) is 55.6 Å². The molecule has 0 radical (unpaired) electrons. The van der Waals surface area contributed by atoms with E-state index < -0.39 is 0 Å². The summed E-state index contributed by atoms with van der Waals surface area (Å²) >= 11 is 0. The molecular weight excluding hydrogens is 262 g/mol. The number of hydrogen-bond donors (Lipinski definition) is 0. The highest BCUT2D eigenvalue weighted by molar-refractivity contribution is 5.94. The van der Waals surface area contributed by atoms with Gasteiger partial charge in [0.25, 0.3) is 0 Å². The van der Waals surface area contributed by atoms with Crippen LogP contribution in [0.3, 0.4) is 0 Å². The number of hydrogen-bond acceptors (Lipinski definition) is 3. The fraction of sp³-hybridized carbons (Fsp3) is 0.294. The van der Waals surface area contributed by atoms with Crippen LogP contribution in [-0.4, -0.2) is 37.0 Å². The smallest absolute Gasteiger partial charge is 0.241 e. The van der Waals surface area contributed by atoms with E-state index in [0.29, 0.717) is 26.1 Å². The van der Waals surface area contributed by atoms with Crippen molar-refractivity contribution in [2.24, 2.45) is 0 Å². The van der Waals surface area contributed by atoms with Crippen LogP contribution in [0.4, 0.5) is 5.69 Å². The molecule has 0 heterocycles. The van der Waals surface area contributed by atoms with Gasteiger partial charge in [-0.25, -0.2) is 0 Å². The topological polar surface area (TPSA) is 47.3 Å². The first-order chi connectivity index (χ1) is 10.2. The molecule has 0 spiro atoms. The molecule has 0 unspecified atom stereocenters. The number of amides is 1. The van der Waals surface area contributed by atoms with Crippen LogP contribution in [0, 0.1) is 11.3 Å². The third kappa shape index (κ3) is 5.64. The number of para-hydroxylation sites is 1. The molecule has 21 heavy (non-hydrogen) atoms. The van der Waals surface area contributed by atoms with Gasteiger partial charge in [-0.1, -0.05) is 30.4 Å². The molecule has 0 bridgehead atoms. The number of nitrogens with zero attached hydrogens (tertiary/aromatic N) is 3. The lowest BCUT2D eigenvalue weighted by Crippen LogP contribution is -2.41. The Bertz CT molecular complexity index is 495. The van der Waals surface area contributed by atoms with E-state index in [1.165, 1.54) is 0 Å². The Hall–Kier alpha value is -2.38. The average Bonchev–Trinajstić information content (AvgIpc) is 2.49. The number of benzene rings is 1. The Balaban J connectivity index is 2.82. The number of nitriles is 1. The van der Waals surface area contributed by atoms with Crippen molar-refractivity contribution in [3.63, 3.8) is 0 Å². The number of rotatable bonds is 9. The fourth-order valence-corrected chi connectivity index (χ4v) is 2.01.